The van der Waals surface area contributed by atoms with E-state index in [4.69, 9.17) is 39.9 Å². The first kappa shape index (κ1) is 30.3. The molecule has 222 valence electrons. The van der Waals surface area contributed by atoms with Crippen LogP contribution in [0.15, 0.2) is 48.5 Å². The zero-order valence-corrected chi connectivity index (χ0v) is 28.1. The van der Waals surface area contributed by atoms with Gasteiger partial charge in [-0.1, -0.05) is 48.5 Å². The van der Waals surface area contributed by atoms with E-state index in [0.717, 1.165) is 44.7 Å². The second-order valence-electron chi connectivity index (χ2n) is 11.5. The molecule has 13 heteroatoms. The molecule has 2 aromatic carbocycles. The number of fused-ring (bicyclic) bond motifs is 14. The molecule has 0 saturated heterocycles. The molecule has 0 fully saturated rings. The second kappa shape index (κ2) is 11.3. The zero-order valence-electron chi connectivity index (χ0n) is 26.7. The molecule has 0 amide bonds. The third-order valence-electron chi connectivity index (χ3n) is 7.60. The van der Waals surface area contributed by atoms with Gasteiger partial charge in [0.1, 0.15) is 11.6 Å². The van der Waals surface area contributed by atoms with Gasteiger partial charge in [-0.2, -0.15) is 0 Å². The molecule has 0 saturated carbocycles. The van der Waals surface area contributed by atoms with Crippen LogP contribution in [0.3, 0.4) is 0 Å². The first-order valence-corrected chi connectivity index (χ1v) is 14.2. The van der Waals surface area contributed by atoms with Gasteiger partial charge in [0, 0.05) is 90.1 Å². The number of benzene rings is 2. The van der Waals surface area contributed by atoms with E-state index < -0.39 is 0 Å². The summed E-state index contributed by atoms with van der Waals surface area (Å²) < 4.78 is 0. The summed E-state index contributed by atoms with van der Waals surface area (Å²) in [5.74, 6) is 2.08. The molecule has 8 bridgehead atoms. The topological polar surface area (TPSA) is 119 Å². The summed E-state index contributed by atoms with van der Waals surface area (Å²) in [5.41, 5.74) is 7.13. The Balaban J connectivity index is 0.00000357. The Hall–Kier alpha value is -4.75. The van der Waals surface area contributed by atoms with E-state index in [1.165, 1.54) is 0 Å². The Labute approximate surface area is 277 Å². The summed E-state index contributed by atoms with van der Waals surface area (Å²) in [7, 11) is 15.8. The van der Waals surface area contributed by atoms with Crippen LogP contribution >= 0.6 is 0 Å². The van der Waals surface area contributed by atoms with Crippen LogP contribution in [0.1, 0.15) is 11.6 Å². The quantitative estimate of drug-likeness (QED) is 0.273. The monoisotopic (exact) mass is 608 g/mol. The summed E-state index contributed by atoms with van der Waals surface area (Å²) >= 11 is 0. The average Bonchev–Trinajstić information content (AvgIpc) is 3.71. The minimum Gasteiger partial charge on any atom is -0.375 e. The molecule has 0 aliphatic carbocycles. The van der Waals surface area contributed by atoms with Crippen molar-refractivity contribution in [1.82, 2.24) is 49.7 Å². The molecule has 0 unspecified atom stereocenters. The number of hydrogen-bond donors (Lipinski definition) is 0. The largest absolute Gasteiger partial charge is 2.00 e. The van der Waals surface area contributed by atoms with Crippen molar-refractivity contribution >= 4 is 79.2 Å². The van der Waals surface area contributed by atoms with Crippen molar-refractivity contribution in [1.29, 1.82) is 0 Å². The van der Waals surface area contributed by atoms with E-state index >= 15 is 0 Å². The first-order chi connectivity index (χ1) is 21.1. The zero-order chi connectivity index (χ0) is 30.9. The summed E-state index contributed by atoms with van der Waals surface area (Å²) in [4.78, 5) is 48.0. The summed E-state index contributed by atoms with van der Waals surface area (Å²) in [5, 5.41) is 1.76. The average molecular weight is 609 g/mol. The van der Waals surface area contributed by atoms with Crippen molar-refractivity contribution in [2.24, 2.45) is 0 Å². The molecule has 7 rings (SSSR count). The van der Waals surface area contributed by atoms with Gasteiger partial charge >= 0.3 is 23.1 Å². The SMILES string of the molecule is CN(C)C1=C(N(C)C)c2nc1nc1[n-]c(nc3nc(nc4[n-]c(n2)c2ccccc42)-c2ccccc2-3)c(N(C)C)c1N(C)C.[Mg+2]. The third-order valence-corrected chi connectivity index (χ3v) is 7.60. The van der Waals surface area contributed by atoms with Crippen LogP contribution in [0.5, 0.6) is 0 Å². The summed E-state index contributed by atoms with van der Waals surface area (Å²) in [6.07, 6.45) is 0. The molecule has 45 heavy (non-hydrogen) atoms. The van der Waals surface area contributed by atoms with Gasteiger partial charge in [-0.25, -0.2) is 9.97 Å². The van der Waals surface area contributed by atoms with Crippen LogP contribution in [0.4, 0.5) is 11.4 Å². The fraction of sp³-hybridized carbons (Fsp3) is 0.250. The van der Waals surface area contributed by atoms with E-state index in [2.05, 4.69) is 0 Å². The smallest absolute Gasteiger partial charge is 0.375 e. The van der Waals surface area contributed by atoms with Gasteiger partial charge in [0.25, 0.3) is 0 Å². The second-order valence-corrected chi connectivity index (χ2v) is 11.5. The van der Waals surface area contributed by atoms with Crippen LogP contribution < -0.4 is 19.8 Å². The summed E-state index contributed by atoms with van der Waals surface area (Å²) in [6, 6.07) is 15.9. The maximum absolute atomic E-state index is 5.08. The number of rotatable bonds is 4. The maximum Gasteiger partial charge on any atom is 2.00 e. The van der Waals surface area contributed by atoms with E-state index in [1.54, 1.807) is 0 Å². The normalized spacial score (nSPS) is 12.2. The van der Waals surface area contributed by atoms with Gasteiger partial charge in [0.15, 0.2) is 0 Å². The third kappa shape index (κ3) is 4.92. The van der Waals surface area contributed by atoms with Gasteiger partial charge in [-0.05, 0) is 10.8 Å². The Bertz CT molecular complexity index is 2160. The minimum absolute atomic E-state index is 0. The molecule has 3 aromatic heterocycles. The Morgan fingerprint density at radius 1 is 0.422 bits per heavy atom. The molecule has 0 spiro atoms. The van der Waals surface area contributed by atoms with E-state index in [-0.39, 0.29) is 23.1 Å². The molecule has 0 radical (unpaired) electrons. The van der Waals surface area contributed by atoms with Gasteiger partial charge in [-0.15, -0.1) is 0 Å². The molecule has 5 aromatic rings. The number of aromatic nitrogens is 8. The van der Waals surface area contributed by atoms with E-state index in [0.29, 0.717) is 45.9 Å². The van der Waals surface area contributed by atoms with Crippen molar-refractivity contribution in [2.45, 2.75) is 0 Å². The number of nitrogens with zero attached hydrogens (tertiary/aromatic N) is 12. The molecule has 5 heterocycles. The summed E-state index contributed by atoms with van der Waals surface area (Å²) in [6.45, 7) is 0. The first-order valence-electron chi connectivity index (χ1n) is 14.2. The van der Waals surface area contributed by atoms with Crippen LogP contribution in [0.2, 0.25) is 0 Å². The van der Waals surface area contributed by atoms with E-state index in [1.807, 2.05) is 125 Å². The molecule has 2 aliphatic heterocycles. The fourth-order valence-electron chi connectivity index (χ4n) is 5.72. The van der Waals surface area contributed by atoms with Gasteiger partial charge in [-0.3, -0.25) is 0 Å². The Kier molecular flexibility index (Phi) is 7.61. The Morgan fingerprint density at radius 2 is 0.778 bits per heavy atom. The molecule has 2 aliphatic rings. The fourth-order valence-corrected chi connectivity index (χ4v) is 5.72. The van der Waals surface area contributed by atoms with Crippen LogP contribution in [-0.4, -0.2) is 119 Å². The van der Waals surface area contributed by atoms with Crippen molar-refractivity contribution in [2.75, 3.05) is 66.2 Å². The van der Waals surface area contributed by atoms with Crippen molar-refractivity contribution < 1.29 is 0 Å². The molecular weight excluding hydrogens is 577 g/mol. The van der Waals surface area contributed by atoms with Crippen molar-refractivity contribution in [3.63, 3.8) is 0 Å². The molecule has 12 nitrogen and oxygen atoms in total. The van der Waals surface area contributed by atoms with Gasteiger partial charge < -0.3 is 49.5 Å². The van der Waals surface area contributed by atoms with Gasteiger partial charge in [0.2, 0.25) is 0 Å². The van der Waals surface area contributed by atoms with Crippen LogP contribution in [-0.2, 0) is 0 Å². The Morgan fingerprint density at radius 3 is 1.22 bits per heavy atom. The van der Waals surface area contributed by atoms with Crippen LogP contribution in [0, 0.1) is 0 Å². The molecule has 0 N–H and O–H groups in total. The standard InChI is InChI=1S/C32H32N12.Mg/c1-41(2)21-23(43(5)6)31-38-29(21)36-27-19-15-11-9-13-17(19)25(34-27)33-26-18-14-10-12-16-20(18)28(35-26)37-30-22(42(3)4)24(44(7)8)32(39-30)40-31;/h9-16H,1-8H3;/q-2;+2. The van der Waals surface area contributed by atoms with Crippen LogP contribution in [0.25, 0.3) is 67.5 Å². The predicted octanol–water partition coefficient (Wildman–Crippen LogP) is 3.34. The number of hydrogen-bond acceptors (Lipinski definition) is 10. The molecule has 0 atom stereocenters. The maximum atomic E-state index is 5.08. The molecular formula is C32H32MgN12. The van der Waals surface area contributed by atoms with Crippen molar-refractivity contribution in [3.8, 4) is 22.8 Å². The predicted molar refractivity (Wildman–Crippen MR) is 181 cm³/mol. The van der Waals surface area contributed by atoms with Gasteiger partial charge in [0.05, 0.1) is 34.4 Å². The number of anilines is 2. The minimum atomic E-state index is 0. The van der Waals surface area contributed by atoms with E-state index in [9.17, 15) is 0 Å². The van der Waals surface area contributed by atoms with Crippen molar-refractivity contribution in [3.05, 3.63) is 60.2 Å².